The molecule has 0 unspecified atom stereocenters. The number of nitrogens with one attached hydrogen (secondary N) is 1. The Kier molecular flexibility index (Phi) is 5.40. The predicted octanol–water partition coefficient (Wildman–Crippen LogP) is 1.40. The van der Waals surface area contributed by atoms with Crippen molar-refractivity contribution < 1.29 is 9.53 Å². The molecule has 1 saturated heterocycles. The summed E-state index contributed by atoms with van der Waals surface area (Å²) in [5, 5.41) is 3.37. The van der Waals surface area contributed by atoms with Crippen molar-refractivity contribution in [1.82, 2.24) is 10.2 Å². The van der Waals surface area contributed by atoms with E-state index < -0.39 is 0 Å². The van der Waals surface area contributed by atoms with Crippen molar-refractivity contribution in [3.63, 3.8) is 0 Å². The van der Waals surface area contributed by atoms with Crippen LogP contribution in [0.5, 0.6) is 0 Å². The summed E-state index contributed by atoms with van der Waals surface area (Å²) in [6, 6.07) is 1.01. The molecule has 1 rings (SSSR count). The van der Waals surface area contributed by atoms with Crippen molar-refractivity contribution in [2.24, 2.45) is 0 Å². The Morgan fingerprint density at radius 2 is 2.00 bits per heavy atom. The van der Waals surface area contributed by atoms with Crippen LogP contribution in [0.25, 0.3) is 0 Å². The highest BCUT2D eigenvalue weighted by Crippen LogP contribution is 2.17. The van der Waals surface area contributed by atoms with Crippen molar-refractivity contribution in [3.8, 4) is 0 Å². The summed E-state index contributed by atoms with van der Waals surface area (Å²) in [5.74, 6) is 0.150. The second-order valence-corrected chi connectivity index (χ2v) is 5.46. The molecule has 17 heavy (non-hydrogen) atoms. The first-order chi connectivity index (χ1) is 7.91. The third-order valence-corrected chi connectivity index (χ3v) is 2.98. The van der Waals surface area contributed by atoms with Crippen molar-refractivity contribution in [3.05, 3.63) is 0 Å². The lowest BCUT2D eigenvalue weighted by atomic mass is 10.2. The molecule has 0 radical (unpaired) electrons. The van der Waals surface area contributed by atoms with Gasteiger partial charge < -0.3 is 15.0 Å². The molecule has 2 atom stereocenters. The van der Waals surface area contributed by atoms with Gasteiger partial charge in [-0.05, 0) is 20.8 Å². The van der Waals surface area contributed by atoms with E-state index >= 15 is 0 Å². The molecule has 0 aliphatic carbocycles. The van der Waals surface area contributed by atoms with Crippen LogP contribution in [-0.4, -0.2) is 48.2 Å². The van der Waals surface area contributed by atoms with E-state index in [4.69, 9.17) is 4.74 Å². The van der Waals surface area contributed by atoms with E-state index in [1.165, 1.54) is 0 Å². The lowest BCUT2D eigenvalue weighted by Crippen LogP contribution is -2.39. The predicted molar refractivity (Wildman–Crippen MR) is 68.9 cm³/mol. The minimum Gasteiger partial charge on any atom is -0.367 e. The SMILES string of the molecule is CC(C)N[C@@H](C)CO[C@H]1CCN(C(C)C)C1=O. The molecule has 4 nitrogen and oxygen atoms in total. The summed E-state index contributed by atoms with van der Waals surface area (Å²) in [7, 11) is 0. The minimum atomic E-state index is -0.228. The maximum Gasteiger partial charge on any atom is 0.252 e. The fraction of sp³-hybridized carbons (Fsp3) is 0.923. The first kappa shape index (κ1) is 14.5. The van der Waals surface area contributed by atoms with E-state index in [2.05, 4.69) is 26.1 Å². The van der Waals surface area contributed by atoms with Crippen LogP contribution < -0.4 is 5.32 Å². The van der Waals surface area contributed by atoms with Crippen molar-refractivity contribution in [1.29, 1.82) is 0 Å². The quantitative estimate of drug-likeness (QED) is 0.765. The second kappa shape index (κ2) is 6.36. The molecule has 0 aromatic carbocycles. The monoisotopic (exact) mass is 242 g/mol. The summed E-state index contributed by atoms with van der Waals surface area (Å²) < 4.78 is 5.70. The normalized spacial score (nSPS) is 22.9. The number of carbonyl (C=O) groups is 1. The molecule has 0 spiro atoms. The van der Waals surface area contributed by atoms with Gasteiger partial charge in [0.1, 0.15) is 6.10 Å². The van der Waals surface area contributed by atoms with Crippen LogP contribution in [0, 0.1) is 0 Å². The molecular weight excluding hydrogens is 216 g/mol. The summed E-state index contributed by atoms with van der Waals surface area (Å²) >= 11 is 0. The van der Waals surface area contributed by atoms with Gasteiger partial charge in [-0.25, -0.2) is 0 Å². The zero-order chi connectivity index (χ0) is 13.0. The molecule has 1 aliphatic heterocycles. The second-order valence-electron chi connectivity index (χ2n) is 5.46. The van der Waals surface area contributed by atoms with Gasteiger partial charge in [-0.1, -0.05) is 13.8 Å². The van der Waals surface area contributed by atoms with E-state index in [1.54, 1.807) is 0 Å². The molecule has 0 aromatic rings. The van der Waals surface area contributed by atoms with Crippen LogP contribution in [0.1, 0.15) is 41.0 Å². The highest BCUT2D eigenvalue weighted by Gasteiger charge is 2.33. The summed E-state index contributed by atoms with van der Waals surface area (Å²) in [6.07, 6.45) is 0.597. The lowest BCUT2D eigenvalue weighted by Gasteiger charge is -2.22. The van der Waals surface area contributed by atoms with Crippen molar-refractivity contribution in [2.45, 2.75) is 65.3 Å². The Labute approximate surface area is 105 Å². The Morgan fingerprint density at radius 1 is 1.35 bits per heavy atom. The zero-order valence-electron chi connectivity index (χ0n) is 11.7. The zero-order valence-corrected chi connectivity index (χ0v) is 11.7. The van der Waals surface area contributed by atoms with Crippen LogP contribution in [0.4, 0.5) is 0 Å². The fourth-order valence-electron chi connectivity index (χ4n) is 2.22. The van der Waals surface area contributed by atoms with Gasteiger partial charge in [0.2, 0.25) is 0 Å². The molecule has 0 aromatic heterocycles. The average Bonchev–Trinajstić information content (AvgIpc) is 2.55. The third kappa shape index (κ3) is 4.28. The number of hydrogen-bond acceptors (Lipinski definition) is 3. The van der Waals surface area contributed by atoms with Gasteiger partial charge in [0.15, 0.2) is 0 Å². The molecule has 1 amide bonds. The minimum absolute atomic E-state index is 0.150. The van der Waals surface area contributed by atoms with E-state index in [9.17, 15) is 4.79 Å². The van der Waals surface area contributed by atoms with E-state index in [-0.39, 0.29) is 24.1 Å². The number of amides is 1. The van der Waals surface area contributed by atoms with Gasteiger partial charge in [-0.2, -0.15) is 0 Å². The van der Waals surface area contributed by atoms with Crippen LogP contribution in [-0.2, 0) is 9.53 Å². The third-order valence-electron chi connectivity index (χ3n) is 2.98. The molecule has 0 saturated carbocycles. The molecule has 1 aliphatic rings. The number of rotatable bonds is 6. The number of nitrogens with zero attached hydrogens (tertiary/aromatic N) is 1. The first-order valence-electron chi connectivity index (χ1n) is 6.60. The van der Waals surface area contributed by atoms with Crippen LogP contribution >= 0.6 is 0 Å². The smallest absolute Gasteiger partial charge is 0.252 e. The van der Waals surface area contributed by atoms with Gasteiger partial charge in [-0.15, -0.1) is 0 Å². The highest BCUT2D eigenvalue weighted by atomic mass is 16.5. The molecule has 4 heteroatoms. The summed E-state index contributed by atoms with van der Waals surface area (Å²) in [5.41, 5.74) is 0. The van der Waals surface area contributed by atoms with Crippen molar-refractivity contribution in [2.75, 3.05) is 13.2 Å². The van der Waals surface area contributed by atoms with Crippen LogP contribution in [0.3, 0.4) is 0 Å². The van der Waals surface area contributed by atoms with Gasteiger partial charge in [0.25, 0.3) is 5.91 Å². The topological polar surface area (TPSA) is 41.6 Å². The molecular formula is C13H26N2O2. The van der Waals surface area contributed by atoms with Gasteiger partial charge in [-0.3, -0.25) is 4.79 Å². The number of likely N-dealkylation sites (tertiary alicyclic amines) is 1. The standard InChI is InChI=1S/C13H26N2O2/c1-9(2)14-11(5)8-17-12-6-7-15(10(3)4)13(12)16/h9-12,14H,6-8H2,1-5H3/t11-,12-/m0/s1. The number of hydrogen-bond donors (Lipinski definition) is 1. The Balaban J connectivity index is 2.32. The fourth-order valence-corrected chi connectivity index (χ4v) is 2.22. The molecule has 1 heterocycles. The Bertz CT molecular complexity index is 254. The molecule has 100 valence electrons. The van der Waals surface area contributed by atoms with Crippen LogP contribution in [0.15, 0.2) is 0 Å². The van der Waals surface area contributed by atoms with E-state index in [0.717, 1.165) is 13.0 Å². The van der Waals surface area contributed by atoms with Gasteiger partial charge >= 0.3 is 0 Å². The first-order valence-corrected chi connectivity index (χ1v) is 6.60. The van der Waals surface area contributed by atoms with E-state index in [1.807, 2.05) is 18.7 Å². The largest absolute Gasteiger partial charge is 0.367 e. The molecule has 1 fully saturated rings. The molecule has 0 bridgehead atoms. The molecule has 1 N–H and O–H groups in total. The average molecular weight is 242 g/mol. The van der Waals surface area contributed by atoms with Gasteiger partial charge in [0.05, 0.1) is 6.61 Å². The highest BCUT2D eigenvalue weighted by molar-refractivity contribution is 5.83. The van der Waals surface area contributed by atoms with Gasteiger partial charge in [0, 0.05) is 31.1 Å². The maximum absolute atomic E-state index is 12.0. The number of ether oxygens (including phenoxy) is 1. The maximum atomic E-state index is 12.0. The van der Waals surface area contributed by atoms with Crippen molar-refractivity contribution >= 4 is 5.91 Å². The number of carbonyl (C=O) groups excluding carboxylic acids is 1. The summed E-state index contributed by atoms with van der Waals surface area (Å²) in [4.78, 5) is 13.9. The lowest BCUT2D eigenvalue weighted by molar-refractivity contribution is -0.138. The van der Waals surface area contributed by atoms with E-state index in [0.29, 0.717) is 12.6 Å². The Hall–Kier alpha value is -0.610. The Morgan fingerprint density at radius 3 is 2.47 bits per heavy atom. The van der Waals surface area contributed by atoms with Crippen LogP contribution in [0.2, 0.25) is 0 Å². The summed E-state index contributed by atoms with van der Waals surface area (Å²) in [6.45, 7) is 11.8.